The number of benzene rings is 1. The lowest BCUT2D eigenvalue weighted by Crippen LogP contribution is -2.53. The number of carbonyl (C=O) groups excluding carboxylic acids is 1. The van der Waals surface area contributed by atoms with Gasteiger partial charge in [0.15, 0.2) is 5.96 Å². The molecule has 164 valence electrons. The van der Waals surface area contributed by atoms with Crippen molar-refractivity contribution < 1.29 is 4.79 Å². The van der Waals surface area contributed by atoms with E-state index >= 15 is 0 Å². The van der Waals surface area contributed by atoms with Crippen molar-refractivity contribution in [3.05, 3.63) is 35.9 Å². The number of nitrogens with zero attached hydrogens (tertiary/aromatic N) is 4. The molecule has 6 nitrogen and oxygen atoms in total. The number of piperazine rings is 1. The summed E-state index contributed by atoms with van der Waals surface area (Å²) in [5, 5.41) is 3.44. The standard InChI is InChI=1S/C22H37N5O.HI/c1-5-23-22(27-15-13-26(14-16-27)19(4)28)24-18-21(25(6-2)7-3)17-20-11-9-8-10-12-20;/h8-12,21H,5-7,13-18H2,1-4H3,(H,23,24);1H. The quantitative estimate of drug-likeness (QED) is 0.329. The van der Waals surface area contributed by atoms with E-state index in [4.69, 9.17) is 4.99 Å². The van der Waals surface area contributed by atoms with Gasteiger partial charge in [0.1, 0.15) is 0 Å². The largest absolute Gasteiger partial charge is 0.357 e. The van der Waals surface area contributed by atoms with Gasteiger partial charge < -0.3 is 15.1 Å². The average Bonchev–Trinajstić information content (AvgIpc) is 2.72. The van der Waals surface area contributed by atoms with Crippen LogP contribution in [0.15, 0.2) is 35.3 Å². The van der Waals surface area contributed by atoms with Crippen LogP contribution in [-0.4, -0.2) is 85.0 Å². The molecule has 0 bridgehead atoms. The molecular formula is C22H38IN5O. The first-order valence-electron chi connectivity index (χ1n) is 10.7. The molecule has 1 N–H and O–H groups in total. The number of aliphatic imine (C=N–C) groups is 1. The summed E-state index contributed by atoms with van der Waals surface area (Å²) in [4.78, 5) is 23.3. The SMILES string of the molecule is CCNC(=NCC(Cc1ccccc1)N(CC)CC)N1CCN(C(C)=O)CC1.I. The zero-order chi connectivity index (χ0) is 20.4. The van der Waals surface area contributed by atoms with Crippen LogP contribution in [0.5, 0.6) is 0 Å². The predicted octanol–water partition coefficient (Wildman–Crippen LogP) is 2.69. The highest BCUT2D eigenvalue weighted by atomic mass is 127. The van der Waals surface area contributed by atoms with Crippen LogP contribution in [-0.2, 0) is 11.2 Å². The molecule has 1 saturated heterocycles. The Labute approximate surface area is 193 Å². The fourth-order valence-electron chi connectivity index (χ4n) is 3.79. The van der Waals surface area contributed by atoms with Crippen molar-refractivity contribution in [1.29, 1.82) is 0 Å². The van der Waals surface area contributed by atoms with Gasteiger partial charge in [-0.2, -0.15) is 0 Å². The summed E-state index contributed by atoms with van der Waals surface area (Å²) in [6, 6.07) is 11.1. The van der Waals surface area contributed by atoms with Crippen LogP contribution in [0.1, 0.15) is 33.3 Å². The molecule has 1 aromatic rings. The average molecular weight is 515 g/mol. The molecule has 1 heterocycles. The Bertz CT molecular complexity index is 613. The minimum Gasteiger partial charge on any atom is -0.357 e. The maximum Gasteiger partial charge on any atom is 0.219 e. The van der Waals surface area contributed by atoms with Gasteiger partial charge in [-0.15, -0.1) is 24.0 Å². The Morgan fingerprint density at radius 1 is 1.07 bits per heavy atom. The number of likely N-dealkylation sites (N-methyl/N-ethyl adjacent to an activating group) is 1. The number of amides is 1. The molecule has 1 aromatic carbocycles. The van der Waals surface area contributed by atoms with E-state index in [1.54, 1.807) is 6.92 Å². The fraction of sp³-hybridized carbons (Fsp3) is 0.636. The summed E-state index contributed by atoms with van der Waals surface area (Å²) in [5.41, 5.74) is 1.36. The van der Waals surface area contributed by atoms with Crippen molar-refractivity contribution >= 4 is 35.8 Å². The van der Waals surface area contributed by atoms with E-state index in [9.17, 15) is 4.79 Å². The number of carbonyl (C=O) groups is 1. The molecule has 1 amide bonds. The Morgan fingerprint density at radius 3 is 2.17 bits per heavy atom. The predicted molar refractivity (Wildman–Crippen MR) is 132 cm³/mol. The monoisotopic (exact) mass is 515 g/mol. The molecule has 0 saturated carbocycles. The first-order valence-corrected chi connectivity index (χ1v) is 10.7. The van der Waals surface area contributed by atoms with Crippen LogP contribution in [0.25, 0.3) is 0 Å². The molecule has 1 fully saturated rings. The van der Waals surface area contributed by atoms with Gasteiger partial charge in [0.25, 0.3) is 0 Å². The number of hydrogen-bond acceptors (Lipinski definition) is 3. The van der Waals surface area contributed by atoms with Gasteiger partial charge in [-0.25, -0.2) is 0 Å². The summed E-state index contributed by atoms with van der Waals surface area (Å²) >= 11 is 0. The van der Waals surface area contributed by atoms with E-state index < -0.39 is 0 Å². The Balaban J connectivity index is 0.00000420. The molecule has 29 heavy (non-hydrogen) atoms. The van der Waals surface area contributed by atoms with Gasteiger partial charge in [0, 0.05) is 45.7 Å². The first-order chi connectivity index (χ1) is 13.6. The second-order valence-corrected chi connectivity index (χ2v) is 7.25. The first kappa shape index (κ1) is 25.7. The smallest absolute Gasteiger partial charge is 0.219 e. The highest BCUT2D eigenvalue weighted by Gasteiger charge is 2.22. The third kappa shape index (κ3) is 8.12. The molecule has 1 unspecified atom stereocenters. The molecule has 0 aromatic heterocycles. The lowest BCUT2D eigenvalue weighted by atomic mass is 10.0. The number of nitrogens with one attached hydrogen (secondary N) is 1. The van der Waals surface area contributed by atoms with Crippen LogP contribution in [0.4, 0.5) is 0 Å². The van der Waals surface area contributed by atoms with Crippen LogP contribution in [0.2, 0.25) is 0 Å². The molecule has 1 aliphatic rings. The van der Waals surface area contributed by atoms with Crippen LogP contribution in [0.3, 0.4) is 0 Å². The normalized spacial score (nSPS) is 15.8. The van der Waals surface area contributed by atoms with Crippen LogP contribution < -0.4 is 5.32 Å². The summed E-state index contributed by atoms with van der Waals surface area (Å²) in [6.07, 6.45) is 1.00. The maximum absolute atomic E-state index is 11.6. The summed E-state index contributed by atoms with van der Waals surface area (Å²) in [5.74, 6) is 1.13. The van der Waals surface area contributed by atoms with E-state index in [2.05, 4.69) is 66.2 Å². The summed E-state index contributed by atoms with van der Waals surface area (Å²) in [6.45, 7) is 15.1. The van der Waals surface area contributed by atoms with Gasteiger partial charge in [-0.1, -0.05) is 44.2 Å². The molecule has 0 aliphatic carbocycles. The number of halogens is 1. The van der Waals surface area contributed by atoms with Gasteiger partial charge >= 0.3 is 0 Å². The summed E-state index contributed by atoms with van der Waals surface area (Å²) < 4.78 is 0. The fourth-order valence-corrected chi connectivity index (χ4v) is 3.79. The van der Waals surface area contributed by atoms with Crippen molar-refractivity contribution in [2.75, 3.05) is 52.4 Å². The Hall–Kier alpha value is -1.35. The number of rotatable bonds is 8. The second kappa shape index (κ2) is 13.8. The van der Waals surface area contributed by atoms with Crippen molar-refractivity contribution in [3.8, 4) is 0 Å². The highest BCUT2D eigenvalue weighted by molar-refractivity contribution is 14.0. The van der Waals surface area contributed by atoms with Crippen LogP contribution >= 0.6 is 24.0 Å². The molecule has 1 aliphatic heterocycles. The van der Waals surface area contributed by atoms with Crippen molar-refractivity contribution in [1.82, 2.24) is 20.0 Å². The van der Waals surface area contributed by atoms with Crippen molar-refractivity contribution in [3.63, 3.8) is 0 Å². The Kier molecular flexibility index (Phi) is 12.2. The molecule has 0 spiro atoms. The van der Waals surface area contributed by atoms with E-state index in [1.165, 1.54) is 5.56 Å². The Morgan fingerprint density at radius 2 is 1.66 bits per heavy atom. The lowest BCUT2D eigenvalue weighted by Gasteiger charge is -2.36. The highest BCUT2D eigenvalue weighted by Crippen LogP contribution is 2.11. The van der Waals surface area contributed by atoms with Crippen molar-refractivity contribution in [2.24, 2.45) is 4.99 Å². The van der Waals surface area contributed by atoms with E-state index in [0.717, 1.165) is 64.7 Å². The minimum absolute atomic E-state index is 0. The van der Waals surface area contributed by atoms with Gasteiger partial charge in [0.05, 0.1) is 6.54 Å². The van der Waals surface area contributed by atoms with E-state index in [1.807, 2.05) is 4.90 Å². The number of guanidine groups is 1. The van der Waals surface area contributed by atoms with E-state index in [0.29, 0.717) is 6.04 Å². The third-order valence-electron chi connectivity index (χ3n) is 5.45. The molecular weight excluding hydrogens is 477 g/mol. The zero-order valence-electron chi connectivity index (χ0n) is 18.4. The third-order valence-corrected chi connectivity index (χ3v) is 5.45. The van der Waals surface area contributed by atoms with E-state index in [-0.39, 0.29) is 29.9 Å². The molecule has 1 atom stereocenters. The zero-order valence-corrected chi connectivity index (χ0v) is 20.8. The molecule has 7 heteroatoms. The van der Waals surface area contributed by atoms with Crippen LogP contribution in [0, 0.1) is 0 Å². The van der Waals surface area contributed by atoms with Crippen molar-refractivity contribution in [2.45, 2.75) is 40.2 Å². The van der Waals surface area contributed by atoms with Gasteiger partial charge in [-0.3, -0.25) is 14.7 Å². The minimum atomic E-state index is 0. The molecule has 2 rings (SSSR count). The second-order valence-electron chi connectivity index (χ2n) is 7.25. The topological polar surface area (TPSA) is 51.2 Å². The van der Waals surface area contributed by atoms with Gasteiger partial charge in [-0.05, 0) is 32.0 Å². The van der Waals surface area contributed by atoms with Gasteiger partial charge in [0.2, 0.25) is 5.91 Å². The summed E-state index contributed by atoms with van der Waals surface area (Å²) in [7, 11) is 0. The molecule has 0 radical (unpaired) electrons. The maximum atomic E-state index is 11.6. The lowest BCUT2D eigenvalue weighted by molar-refractivity contribution is -0.130. The number of hydrogen-bond donors (Lipinski definition) is 1.